The van der Waals surface area contributed by atoms with Gasteiger partial charge in [-0.2, -0.15) is 31.4 Å². The lowest BCUT2D eigenvalue weighted by Crippen LogP contribution is -2.66. The van der Waals surface area contributed by atoms with Gasteiger partial charge in [-0.05, 0) is 80.4 Å². The van der Waals surface area contributed by atoms with Crippen molar-refractivity contribution in [2.45, 2.75) is 51.8 Å². The Morgan fingerprint density at radius 3 is 1.89 bits per heavy atom. The van der Waals surface area contributed by atoms with Gasteiger partial charge in [0.15, 0.2) is 11.6 Å². The maximum atomic E-state index is 14.4. The lowest BCUT2D eigenvalue weighted by Gasteiger charge is -2.55. The van der Waals surface area contributed by atoms with Crippen LogP contribution in [0, 0.1) is 18.2 Å². The summed E-state index contributed by atoms with van der Waals surface area (Å²) in [4.78, 5) is 13.6. The lowest BCUT2D eigenvalue weighted by molar-refractivity contribution is -0.138. The minimum atomic E-state index is -4.77. The highest BCUT2D eigenvalue weighted by atomic mass is 19.4. The molecule has 7 heterocycles. The van der Waals surface area contributed by atoms with E-state index in [2.05, 4.69) is 50.8 Å². The zero-order valence-electron chi connectivity index (χ0n) is 34.2. The van der Waals surface area contributed by atoms with Gasteiger partial charge in [0, 0.05) is 37.0 Å². The van der Waals surface area contributed by atoms with Crippen LogP contribution in [0.25, 0.3) is 21.8 Å². The second-order valence-electron chi connectivity index (χ2n) is 16.3. The number of benzene rings is 2. The van der Waals surface area contributed by atoms with Gasteiger partial charge in [0.25, 0.3) is 0 Å². The number of hydrogen-bond acceptors (Lipinski definition) is 13. The average molecular weight is 879 g/mol. The molecular formula is C43H41F7N10O3. The molecular weight excluding hydrogens is 838 g/mol. The maximum Gasteiger partial charge on any atom is 0.416 e. The third kappa shape index (κ3) is 8.65. The number of aromatic nitrogens is 6. The van der Waals surface area contributed by atoms with Crippen molar-refractivity contribution in [3.63, 3.8) is 0 Å². The minimum Gasteiger partial charge on any atom is -0.487 e. The van der Waals surface area contributed by atoms with Gasteiger partial charge in [0.2, 0.25) is 0 Å². The lowest BCUT2D eigenvalue weighted by atomic mass is 9.78. The normalized spacial score (nSPS) is 17.4. The number of alkyl halides is 6. The fourth-order valence-corrected chi connectivity index (χ4v) is 8.10. The van der Waals surface area contributed by atoms with Crippen LogP contribution in [0.15, 0.2) is 60.9 Å². The average Bonchev–Trinajstić information content (AvgIpc) is 3.22. The fraction of sp³-hybridized carbons (Fsp3) is 0.395. The molecule has 3 aliphatic rings. The Bertz CT molecular complexity index is 2680. The van der Waals surface area contributed by atoms with E-state index in [9.17, 15) is 30.7 Å². The number of rotatable bonds is 11. The summed E-state index contributed by atoms with van der Waals surface area (Å²) < 4.78 is 115. The van der Waals surface area contributed by atoms with Crippen molar-refractivity contribution in [3.8, 4) is 5.75 Å². The fourth-order valence-electron chi connectivity index (χ4n) is 8.10. The van der Waals surface area contributed by atoms with Gasteiger partial charge in [0.05, 0.1) is 90.0 Å². The highest BCUT2D eigenvalue weighted by Crippen LogP contribution is 2.42. The van der Waals surface area contributed by atoms with Gasteiger partial charge in [0.1, 0.15) is 29.4 Å². The van der Waals surface area contributed by atoms with Crippen molar-refractivity contribution in [2.75, 3.05) is 73.0 Å². The molecule has 3 saturated heterocycles. The van der Waals surface area contributed by atoms with Crippen LogP contribution < -0.4 is 25.2 Å². The summed E-state index contributed by atoms with van der Waals surface area (Å²) in [5.74, 6) is -0.667. The van der Waals surface area contributed by atoms with E-state index < -0.39 is 41.4 Å². The number of anilines is 4. The highest BCUT2D eigenvalue weighted by Gasteiger charge is 2.49. The summed E-state index contributed by atoms with van der Waals surface area (Å²) in [6.45, 7) is 9.92. The number of morpholine rings is 1. The van der Waals surface area contributed by atoms with E-state index >= 15 is 0 Å². The molecule has 2 atom stereocenters. The van der Waals surface area contributed by atoms with Crippen LogP contribution in [0.4, 0.5) is 53.7 Å². The summed E-state index contributed by atoms with van der Waals surface area (Å²) in [5.41, 5.74) is 1.50. The maximum absolute atomic E-state index is 14.4. The first kappa shape index (κ1) is 42.2. The smallest absolute Gasteiger partial charge is 0.416 e. The molecule has 6 aromatic rings. The molecule has 63 heavy (non-hydrogen) atoms. The van der Waals surface area contributed by atoms with Crippen LogP contribution >= 0.6 is 0 Å². The summed E-state index contributed by atoms with van der Waals surface area (Å²) in [5, 5.41) is 24.6. The van der Waals surface area contributed by atoms with Crippen molar-refractivity contribution in [1.29, 1.82) is 0 Å². The molecule has 0 radical (unpaired) electrons. The monoisotopic (exact) mass is 878 g/mol. The van der Waals surface area contributed by atoms with Crippen molar-refractivity contribution in [2.24, 2.45) is 5.41 Å². The molecule has 0 bridgehead atoms. The van der Waals surface area contributed by atoms with Crippen LogP contribution in [0.1, 0.15) is 59.6 Å². The zero-order valence-corrected chi connectivity index (χ0v) is 34.2. The Balaban J connectivity index is 1.00. The molecule has 20 heteroatoms. The van der Waals surface area contributed by atoms with Gasteiger partial charge in [-0.15, -0.1) is 15.3 Å². The number of aryl methyl sites for hydroxylation is 1. The van der Waals surface area contributed by atoms with Crippen molar-refractivity contribution < 1.29 is 44.9 Å². The van der Waals surface area contributed by atoms with Gasteiger partial charge in [-0.25, -0.2) is 4.39 Å². The topological polar surface area (TPSA) is 136 Å². The number of pyridine rings is 2. The molecule has 3 fully saturated rings. The number of halogens is 7. The SMILES string of the molecule is Cc1nnc(N[C@H](C)c2cc(OCc3nnc(N[C@H](C)c4cc(F)cc(C(F)(F)F)c4)c4cc(N5CC6(COC6)C5)cnc34)cc(C(F)(F)F)c2)c2cc(N3CCOCC3)cnc12. The molecule has 0 unspecified atom stereocenters. The minimum absolute atomic E-state index is 0.0181. The number of nitrogens with one attached hydrogen (secondary N) is 2. The predicted molar refractivity (Wildman–Crippen MR) is 219 cm³/mol. The Hall–Kier alpha value is -6.15. The summed E-state index contributed by atoms with van der Waals surface area (Å²) in [6, 6.07) is 7.87. The standard InChI is InChI=1S/C43H41F7N10O3/c1-23(26-8-28(42(45,46)47)12-30(44)10-26)53-40-35-15-32(60-19-41(20-60)21-62-22-41)17-52-38(35)36(56-58-40)18-63-33-11-27(9-29(13-33)43(48,49)50)24(2)54-39-34-14-31(59-4-6-61-7-5-59)16-51-37(34)25(3)55-57-39/h8-17,23-24H,4-7,18-22H2,1-3H3,(H,53,58)(H,54,57)/t23-,24-/m1/s1. The molecule has 9 rings (SSSR count). The Morgan fingerprint density at radius 1 is 0.698 bits per heavy atom. The van der Waals surface area contributed by atoms with Crippen LogP contribution in [-0.4, -0.2) is 83.0 Å². The number of ether oxygens (including phenoxy) is 3. The quantitative estimate of drug-likeness (QED) is 0.121. The van der Waals surface area contributed by atoms with Crippen LogP contribution in [0.3, 0.4) is 0 Å². The predicted octanol–water partition coefficient (Wildman–Crippen LogP) is 8.45. The summed E-state index contributed by atoms with van der Waals surface area (Å²) in [6.07, 6.45) is -6.09. The molecule has 13 nitrogen and oxygen atoms in total. The first-order valence-corrected chi connectivity index (χ1v) is 20.2. The molecule has 330 valence electrons. The van der Waals surface area contributed by atoms with Crippen molar-refractivity contribution in [3.05, 3.63) is 100 Å². The first-order chi connectivity index (χ1) is 30.0. The third-order valence-corrected chi connectivity index (χ3v) is 11.6. The second-order valence-corrected chi connectivity index (χ2v) is 16.3. The molecule has 2 aromatic carbocycles. The van der Waals surface area contributed by atoms with Crippen LogP contribution in [-0.2, 0) is 28.4 Å². The van der Waals surface area contributed by atoms with E-state index in [0.717, 1.165) is 48.7 Å². The molecule has 4 aromatic heterocycles. The van der Waals surface area contributed by atoms with Crippen LogP contribution in [0.2, 0.25) is 0 Å². The van der Waals surface area contributed by atoms with E-state index in [1.807, 2.05) is 12.1 Å². The second kappa shape index (κ2) is 16.2. The van der Waals surface area contributed by atoms with Gasteiger partial charge < -0.3 is 34.6 Å². The Morgan fingerprint density at radius 2 is 1.27 bits per heavy atom. The molecule has 0 aliphatic carbocycles. The number of hydrogen-bond donors (Lipinski definition) is 2. The summed E-state index contributed by atoms with van der Waals surface area (Å²) >= 11 is 0. The number of fused-ring (bicyclic) bond motifs is 2. The molecule has 0 saturated carbocycles. The molecule has 1 spiro atoms. The molecule has 0 amide bonds. The summed E-state index contributed by atoms with van der Waals surface area (Å²) in [7, 11) is 0. The first-order valence-electron chi connectivity index (χ1n) is 20.2. The number of nitrogens with zero attached hydrogens (tertiary/aromatic N) is 8. The van der Waals surface area contributed by atoms with E-state index in [-0.39, 0.29) is 45.9 Å². The third-order valence-electron chi connectivity index (χ3n) is 11.6. The van der Waals surface area contributed by atoms with Crippen LogP contribution in [0.5, 0.6) is 5.75 Å². The largest absolute Gasteiger partial charge is 0.487 e. The van der Waals surface area contributed by atoms with E-state index in [4.69, 9.17) is 14.2 Å². The highest BCUT2D eigenvalue weighted by molar-refractivity contribution is 5.93. The van der Waals surface area contributed by atoms with Gasteiger partial charge in [-0.1, -0.05) is 0 Å². The molecule has 2 N–H and O–H groups in total. The Labute approximate surface area is 356 Å². The van der Waals surface area contributed by atoms with Gasteiger partial charge >= 0.3 is 12.4 Å². The van der Waals surface area contributed by atoms with E-state index in [1.54, 1.807) is 33.2 Å². The van der Waals surface area contributed by atoms with Crippen molar-refractivity contribution >= 4 is 44.8 Å². The Kier molecular flexibility index (Phi) is 10.8. The van der Waals surface area contributed by atoms with Crippen molar-refractivity contribution in [1.82, 2.24) is 30.4 Å². The van der Waals surface area contributed by atoms with E-state index in [1.165, 1.54) is 6.07 Å². The van der Waals surface area contributed by atoms with E-state index in [0.29, 0.717) is 73.4 Å². The zero-order chi connectivity index (χ0) is 44.3. The molecule has 3 aliphatic heterocycles. The van der Waals surface area contributed by atoms with Gasteiger partial charge in [-0.3, -0.25) is 9.97 Å².